The predicted octanol–water partition coefficient (Wildman–Crippen LogP) is 3.85. The highest BCUT2D eigenvalue weighted by molar-refractivity contribution is 7.99. The van der Waals surface area contributed by atoms with E-state index < -0.39 is 0 Å². The Morgan fingerprint density at radius 2 is 1.94 bits per heavy atom. The fraction of sp³-hybridized carbons (Fsp3) is 0.929. The lowest BCUT2D eigenvalue weighted by atomic mass is 10.1. The second kappa shape index (κ2) is 12.3. The van der Waals surface area contributed by atoms with E-state index in [0.717, 1.165) is 19.4 Å². The zero-order valence-electron chi connectivity index (χ0n) is 11.8. The molecule has 0 rings (SSSR count). The minimum atomic E-state index is 0.229. The SMILES string of the molecule is CCCSCCCCCC(=O)NCCC(C)C. The van der Waals surface area contributed by atoms with Gasteiger partial charge in [0.15, 0.2) is 0 Å². The summed E-state index contributed by atoms with van der Waals surface area (Å²) in [6.07, 6.45) is 6.54. The topological polar surface area (TPSA) is 29.1 Å². The van der Waals surface area contributed by atoms with Crippen LogP contribution in [0.5, 0.6) is 0 Å². The Morgan fingerprint density at radius 3 is 2.59 bits per heavy atom. The van der Waals surface area contributed by atoms with Crippen molar-refractivity contribution in [2.24, 2.45) is 5.92 Å². The quantitative estimate of drug-likeness (QED) is 0.571. The lowest BCUT2D eigenvalue weighted by Gasteiger charge is -2.07. The van der Waals surface area contributed by atoms with Crippen molar-refractivity contribution in [3.05, 3.63) is 0 Å². The maximum Gasteiger partial charge on any atom is 0.219 e. The summed E-state index contributed by atoms with van der Waals surface area (Å²) in [5.41, 5.74) is 0. The van der Waals surface area contributed by atoms with E-state index >= 15 is 0 Å². The normalized spacial score (nSPS) is 10.8. The molecule has 0 aromatic carbocycles. The van der Waals surface area contributed by atoms with Crippen LogP contribution in [0.25, 0.3) is 0 Å². The summed E-state index contributed by atoms with van der Waals surface area (Å²) in [6, 6.07) is 0. The Balaban J connectivity index is 3.16. The third kappa shape index (κ3) is 13.8. The Labute approximate surface area is 111 Å². The summed E-state index contributed by atoms with van der Waals surface area (Å²) in [5.74, 6) is 3.43. The average molecular weight is 259 g/mol. The number of hydrogen-bond donors (Lipinski definition) is 1. The van der Waals surface area contributed by atoms with Gasteiger partial charge in [0, 0.05) is 13.0 Å². The van der Waals surface area contributed by atoms with Crippen LogP contribution in [0.1, 0.15) is 59.3 Å². The second-order valence-electron chi connectivity index (χ2n) is 4.96. The number of amides is 1. The van der Waals surface area contributed by atoms with Crippen molar-refractivity contribution in [1.29, 1.82) is 0 Å². The van der Waals surface area contributed by atoms with Crippen LogP contribution < -0.4 is 5.32 Å². The predicted molar refractivity (Wildman–Crippen MR) is 78.5 cm³/mol. The Bertz CT molecular complexity index is 183. The van der Waals surface area contributed by atoms with Gasteiger partial charge in [-0.3, -0.25) is 4.79 Å². The maximum absolute atomic E-state index is 11.4. The molecule has 3 heteroatoms. The van der Waals surface area contributed by atoms with Crippen LogP contribution in [0.3, 0.4) is 0 Å². The van der Waals surface area contributed by atoms with Crippen LogP contribution >= 0.6 is 11.8 Å². The molecule has 0 spiro atoms. The van der Waals surface area contributed by atoms with Gasteiger partial charge in [0.25, 0.3) is 0 Å². The van der Waals surface area contributed by atoms with Gasteiger partial charge in [-0.1, -0.05) is 27.2 Å². The summed E-state index contributed by atoms with van der Waals surface area (Å²) in [5, 5.41) is 2.98. The molecule has 1 amide bonds. The average Bonchev–Trinajstić information content (AvgIpc) is 2.27. The number of rotatable bonds is 11. The molecule has 102 valence electrons. The van der Waals surface area contributed by atoms with E-state index in [4.69, 9.17) is 0 Å². The Hall–Kier alpha value is -0.180. The first kappa shape index (κ1) is 16.8. The first-order valence-electron chi connectivity index (χ1n) is 7.01. The molecule has 0 aliphatic heterocycles. The van der Waals surface area contributed by atoms with E-state index in [1.54, 1.807) is 0 Å². The minimum Gasteiger partial charge on any atom is -0.356 e. The van der Waals surface area contributed by atoms with Gasteiger partial charge in [-0.25, -0.2) is 0 Å². The molecule has 0 atom stereocenters. The van der Waals surface area contributed by atoms with E-state index in [1.807, 2.05) is 11.8 Å². The smallest absolute Gasteiger partial charge is 0.219 e. The van der Waals surface area contributed by atoms with E-state index in [9.17, 15) is 4.79 Å². The van der Waals surface area contributed by atoms with Gasteiger partial charge in [-0.05, 0) is 43.1 Å². The molecule has 0 unspecified atom stereocenters. The molecule has 0 saturated heterocycles. The first-order chi connectivity index (χ1) is 8.16. The number of unbranched alkanes of at least 4 members (excludes halogenated alkanes) is 2. The number of carbonyl (C=O) groups excluding carboxylic acids is 1. The first-order valence-corrected chi connectivity index (χ1v) is 8.16. The van der Waals surface area contributed by atoms with Crippen LogP contribution in [0.4, 0.5) is 0 Å². The van der Waals surface area contributed by atoms with Gasteiger partial charge in [0.05, 0.1) is 0 Å². The standard InChI is InChI=1S/C14H29NOS/c1-4-11-17-12-7-5-6-8-14(16)15-10-9-13(2)3/h13H,4-12H2,1-3H3,(H,15,16). The molecular formula is C14H29NOS. The number of nitrogens with one attached hydrogen (secondary N) is 1. The summed E-state index contributed by atoms with van der Waals surface area (Å²) < 4.78 is 0. The fourth-order valence-corrected chi connectivity index (χ4v) is 2.40. The minimum absolute atomic E-state index is 0.229. The molecule has 2 nitrogen and oxygen atoms in total. The van der Waals surface area contributed by atoms with E-state index in [0.29, 0.717) is 12.3 Å². The van der Waals surface area contributed by atoms with Crippen LogP contribution in [-0.2, 0) is 4.79 Å². The molecule has 0 bridgehead atoms. The molecule has 0 fully saturated rings. The van der Waals surface area contributed by atoms with Crippen LogP contribution in [0, 0.1) is 5.92 Å². The van der Waals surface area contributed by atoms with E-state index in [1.165, 1.54) is 30.8 Å². The Morgan fingerprint density at radius 1 is 1.18 bits per heavy atom. The molecular weight excluding hydrogens is 230 g/mol. The summed E-state index contributed by atoms with van der Waals surface area (Å²) >= 11 is 2.03. The van der Waals surface area contributed by atoms with Crippen molar-refractivity contribution >= 4 is 17.7 Å². The van der Waals surface area contributed by atoms with Gasteiger partial charge < -0.3 is 5.32 Å². The van der Waals surface area contributed by atoms with Gasteiger partial charge in [0.1, 0.15) is 0 Å². The number of carbonyl (C=O) groups is 1. The van der Waals surface area contributed by atoms with Crippen molar-refractivity contribution in [2.45, 2.75) is 59.3 Å². The van der Waals surface area contributed by atoms with Crippen molar-refractivity contribution in [2.75, 3.05) is 18.1 Å². The van der Waals surface area contributed by atoms with Crippen molar-refractivity contribution in [3.63, 3.8) is 0 Å². The number of hydrogen-bond acceptors (Lipinski definition) is 2. The zero-order chi connectivity index (χ0) is 12.9. The molecule has 17 heavy (non-hydrogen) atoms. The van der Waals surface area contributed by atoms with Gasteiger partial charge >= 0.3 is 0 Å². The molecule has 0 aliphatic rings. The monoisotopic (exact) mass is 259 g/mol. The Kier molecular flexibility index (Phi) is 12.2. The van der Waals surface area contributed by atoms with Crippen molar-refractivity contribution in [3.8, 4) is 0 Å². The molecule has 0 aromatic rings. The zero-order valence-corrected chi connectivity index (χ0v) is 12.6. The second-order valence-corrected chi connectivity index (χ2v) is 6.18. The lowest BCUT2D eigenvalue weighted by Crippen LogP contribution is -2.24. The fourth-order valence-electron chi connectivity index (χ4n) is 1.50. The number of thioether (sulfide) groups is 1. The summed E-state index contributed by atoms with van der Waals surface area (Å²) in [4.78, 5) is 11.4. The van der Waals surface area contributed by atoms with Crippen LogP contribution in [0.15, 0.2) is 0 Å². The summed E-state index contributed by atoms with van der Waals surface area (Å²) in [6.45, 7) is 7.41. The highest BCUT2D eigenvalue weighted by Gasteiger charge is 2.01. The van der Waals surface area contributed by atoms with E-state index in [2.05, 4.69) is 26.1 Å². The maximum atomic E-state index is 11.4. The van der Waals surface area contributed by atoms with Gasteiger partial charge in [-0.15, -0.1) is 0 Å². The molecule has 0 saturated carbocycles. The summed E-state index contributed by atoms with van der Waals surface area (Å²) in [7, 11) is 0. The molecule has 0 radical (unpaired) electrons. The highest BCUT2D eigenvalue weighted by atomic mass is 32.2. The van der Waals surface area contributed by atoms with Crippen molar-refractivity contribution in [1.82, 2.24) is 5.32 Å². The third-order valence-electron chi connectivity index (χ3n) is 2.58. The van der Waals surface area contributed by atoms with Gasteiger partial charge in [0.2, 0.25) is 5.91 Å². The molecule has 0 aliphatic carbocycles. The molecule has 0 heterocycles. The van der Waals surface area contributed by atoms with Crippen LogP contribution in [-0.4, -0.2) is 24.0 Å². The molecule has 1 N–H and O–H groups in total. The van der Waals surface area contributed by atoms with Crippen LogP contribution in [0.2, 0.25) is 0 Å². The largest absolute Gasteiger partial charge is 0.356 e. The van der Waals surface area contributed by atoms with Crippen molar-refractivity contribution < 1.29 is 4.79 Å². The van der Waals surface area contributed by atoms with Gasteiger partial charge in [-0.2, -0.15) is 11.8 Å². The third-order valence-corrected chi connectivity index (χ3v) is 3.86. The highest BCUT2D eigenvalue weighted by Crippen LogP contribution is 2.08. The lowest BCUT2D eigenvalue weighted by molar-refractivity contribution is -0.121. The van der Waals surface area contributed by atoms with E-state index in [-0.39, 0.29) is 5.91 Å². The molecule has 0 aromatic heterocycles.